The molecule has 0 bridgehead atoms. The Morgan fingerprint density at radius 2 is 2.05 bits per heavy atom. The largest absolute Gasteiger partial charge is 0.396 e. The minimum absolute atomic E-state index is 0.0529. The van der Waals surface area contributed by atoms with Gasteiger partial charge in [0.25, 0.3) is 0 Å². The van der Waals surface area contributed by atoms with Crippen LogP contribution in [0.1, 0.15) is 24.8 Å². The Morgan fingerprint density at radius 1 is 1.35 bits per heavy atom. The minimum atomic E-state index is -3.70. The van der Waals surface area contributed by atoms with Gasteiger partial charge in [-0.05, 0) is 37.5 Å². The van der Waals surface area contributed by atoms with Crippen LogP contribution < -0.4 is 0 Å². The fraction of sp³-hybridized carbons (Fsp3) is 0.462. The lowest BCUT2D eigenvalue weighted by atomic mass is 10.2. The summed E-state index contributed by atoms with van der Waals surface area (Å²) in [6.07, 6.45) is 2.06. The van der Waals surface area contributed by atoms with Crippen LogP contribution in [0.25, 0.3) is 0 Å². The first-order valence-electron chi connectivity index (χ1n) is 6.20. The van der Waals surface area contributed by atoms with Crippen LogP contribution in [0.4, 0.5) is 0 Å². The summed E-state index contributed by atoms with van der Waals surface area (Å²) >= 11 is 5.92. The second-order valence-electron chi connectivity index (χ2n) is 4.37. The second kappa shape index (κ2) is 7.60. The van der Waals surface area contributed by atoms with Crippen molar-refractivity contribution in [3.05, 3.63) is 28.8 Å². The summed E-state index contributed by atoms with van der Waals surface area (Å²) < 4.78 is 26.0. The number of sulfonamides is 1. The number of unbranched alkanes of at least 4 members (excludes halogenated alkanes) is 2. The molecule has 0 saturated carbocycles. The molecule has 0 aliphatic rings. The molecule has 0 radical (unpaired) electrons. The molecule has 0 aliphatic heterocycles. The molecule has 0 saturated heterocycles. The molecule has 1 aromatic carbocycles. The van der Waals surface area contributed by atoms with Gasteiger partial charge in [-0.25, -0.2) is 12.7 Å². The Bertz CT molecular complexity index is 596. The number of hydrogen-bond donors (Lipinski definition) is 1. The highest BCUT2D eigenvalue weighted by Gasteiger charge is 2.23. The van der Waals surface area contributed by atoms with Gasteiger partial charge in [-0.15, -0.1) is 0 Å². The molecule has 7 heteroatoms. The molecule has 110 valence electrons. The first kappa shape index (κ1) is 16.9. The molecule has 0 unspecified atom stereocenters. The quantitative estimate of drug-likeness (QED) is 0.780. The van der Waals surface area contributed by atoms with E-state index in [9.17, 15) is 8.42 Å². The molecule has 1 rings (SSSR count). The predicted molar refractivity (Wildman–Crippen MR) is 76.9 cm³/mol. The van der Waals surface area contributed by atoms with Crippen molar-refractivity contribution in [3.63, 3.8) is 0 Å². The number of rotatable bonds is 7. The molecule has 0 spiro atoms. The number of halogens is 1. The summed E-state index contributed by atoms with van der Waals surface area (Å²) in [6, 6.07) is 6.06. The van der Waals surface area contributed by atoms with Crippen molar-refractivity contribution in [2.75, 3.05) is 20.2 Å². The third-order valence-electron chi connectivity index (χ3n) is 2.88. The van der Waals surface area contributed by atoms with Gasteiger partial charge in [-0.3, -0.25) is 0 Å². The fourth-order valence-corrected chi connectivity index (χ4v) is 3.39. The molecule has 0 aliphatic carbocycles. The van der Waals surface area contributed by atoms with Crippen molar-refractivity contribution in [2.45, 2.75) is 24.2 Å². The van der Waals surface area contributed by atoms with E-state index < -0.39 is 10.0 Å². The van der Waals surface area contributed by atoms with Gasteiger partial charge in [0.1, 0.15) is 4.90 Å². The van der Waals surface area contributed by atoms with E-state index >= 15 is 0 Å². The van der Waals surface area contributed by atoms with Gasteiger partial charge in [-0.1, -0.05) is 11.6 Å². The van der Waals surface area contributed by atoms with E-state index in [1.54, 1.807) is 0 Å². The van der Waals surface area contributed by atoms with Gasteiger partial charge in [0.2, 0.25) is 10.0 Å². The Morgan fingerprint density at radius 3 is 2.65 bits per heavy atom. The van der Waals surface area contributed by atoms with Crippen LogP contribution in [-0.4, -0.2) is 38.0 Å². The summed E-state index contributed by atoms with van der Waals surface area (Å²) in [7, 11) is -2.23. The van der Waals surface area contributed by atoms with Crippen molar-refractivity contribution >= 4 is 21.6 Å². The number of nitriles is 1. The first-order valence-corrected chi connectivity index (χ1v) is 8.02. The van der Waals surface area contributed by atoms with Gasteiger partial charge in [-0.2, -0.15) is 5.26 Å². The monoisotopic (exact) mass is 316 g/mol. The highest BCUT2D eigenvalue weighted by molar-refractivity contribution is 7.89. The molecule has 0 atom stereocenters. The Labute approximate surface area is 124 Å². The van der Waals surface area contributed by atoms with E-state index in [-0.39, 0.29) is 22.1 Å². The lowest BCUT2D eigenvalue weighted by Gasteiger charge is -2.18. The highest BCUT2D eigenvalue weighted by Crippen LogP contribution is 2.25. The fourth-order valence-electron chi connectivity index (χ4n) is 1.68. The van der Waals surface area contributed by atoms with Gasteiger partial charge in [0.15, 0.2) is 0 Å². The standard InChI is InChI=1S/C13H17ClN2O3S/c1-16(7-3-2-4-8-17)20(18,19)13-9-11(10-15)5-6-12(13)14/h5-6,9,17H,2-4,7-8H2,1H3. The van der Waals surface area contributed by atoms with Crippen molar-refractivity contribution in [1.82, 2.24) is 4.31 Å². The van der Waals surface area contributed by atoms with Crippen LogP contribution in [-0.2, 0) is 10.0 Å². The molecular weight excluding hydrogens is 300 g/mol. The van der Waals surface area contributed by atoms with E-state index in [0.717, 1.165) is 6.42 Å². The summed E-state index contributed by atoms with van der Waals surface area (Å²) in [4.78, 5) is -0.0529. The van der Waals surface area contributed by atoms with Crippen molar-refractivity contribution in [2.24, 2.45) is 0 Å². The zero-order chi connectivity index (χ0) is 15.2. The second-order valence-corrected chi connectivity index (χ2v) is 6.79. The SMILES string of the molecule is CN(CCCCCO)S(=O)(=O)c1cc(C#N)ccc1Cl. The average molecular weight is 317 g/mol. The molecule has 1 N–H and O–H groups in total. The number of aliphatic hydroxyl groups is 1. The molecule has 20 heavy (non-hydrogen) atoms. The summed E-state index contributed by atoms with van der Waals surface area (Å²) in [6.45, 7) is 0.446. The number of hydrogen-bond acceptors (Lipinski definition) is 4. The zero-order valence-corrected chi connectivity index (χ0v) is 12.8. The number of benzene rings is 1. The molecule has 1 aromatic rings. The third kappa shape index (κ3) is 4.18. The Hall–Kier alpha value is -1.13. The zero-order valence-electron chi connectivity index (χ0n) is 11.2. The van der Waals surface area contributed by atoms with Crippen LogP contribution in [0.3, 0.4) is 0 Å². The van der Waals surface area contributed by atoms with Crippen LogP contribution in [0.2, 0.25) is 5.02 Å². The average Bonchev–Trinajstić information content (AvgIpc) is 2.43. The van der Waals surface area contributed by atoms with Crippen molar-refractivity contribution < 1.29 is 13.5 Å². The maximum absolute atomic E-state index is 12.4. The van der Waals surface area contributed by atoms with Crippen molar-refractivity contribution in [3.8, 4) is 6.07 Å². The lowest BCUT2D eigenvalue weighted by molar-refractivity contribution is 0.281. The van der Waals surface area contributed by atoms with Crippen LogP contribution in [0.5, 0.6) is 0 Å². The smallest absolute Gasteiger partial charge is 0.244 e. The molecular formula is C13H17ClN2O3S. The van der Waals surface area contributed by atoms with E-state index in [0.29, 0.717) is 19.4 Å². The Balaban J connectivity index is 2.90. The van der Waals surface area contributed by atoms with Gasteiger partial charge < -0.3 is 5.11 Å². The lowest BCUT2D eigenvalue weighted by Crippen LogP contribution is -2.28. The van der Waals surface area contributed by atoms with Gasteiger partial charge in [0, 0.05) is 20.2 Å². The topological polar surface area (TPSA) is 81.4 Å². The number of aliphatic hydroxyl groups excluding tert-OH is 1. The molecule has 0 heterocycles. The third-order valence-corrected chi connectivity index (χ3v) is 5.22. The van der Waals surface area contributed by atoms with Crippen LogP contribution in [0, 0.1) is 11.3 Å². The molecule has 5 nitrogen and oxygen atoms in total. The van der Waals surface area contributed by atoms with Gasteiger partial charge in [0.05, 0.1) is 16.7 Å². The first-order chi connectivity index (χ1) is 9.43. The maximum atomic E-state index is 12.4. The van der Waals surface area contributed by atoms with Crippen LogP contribution >= 0.6 is 11.6 Å². The highest BCUT2D eigenvalue weighted by atomic mass is 35.5. The van der Waals surface area contributed by atoms with Gasteiger partial charge >= 0.3 is 0 Å². The molecule has 0 aromatic heterocycles. The minimum Gasteiger partial charge on any atom is -0.396 e. The molecule has 0 fully saturated rings. The summed E-state index contributed by atoms with van der Waals surface area (Å²) in [5, 5.41) is 17.6. The van der Waals surface area contributed by atoms with E-state index in [2.05, 4.69) is 0 Å². The van der Waals surface area contributed by atoms with Crippen molar-refractivity contribution in [1.29, 1.82) is 5.26 Å². The van der Waals surface area contributed by atoms with Crippen LogP contribution in [0.15, 0.2) is 23.1 Å². The maximum Gasteiger partial charge on any atom is 0.244 e. The summed E-state index contributed by atoms with van der Waals surface area (Å²) in [5.74, 6) is 0. The predicted octanol–water partition coefficient (Wildman–Crippen LogP) is 1.99. The van der Waals surface area contributed by atoms with E-state index in [1.807, 2.05) is 6.07 Å². The molecule has 0 amide bonds. The van der Waals surface area contributed by atoms with E-state index in [1.165, 1.54) is 29.6 Å². The summed E-state index contributed by atoms with van der Waals surface area (Å²) in [5.41, 5.74) is 0.252. The normalized spacial score (nSPS) is 11.6. The number of nitrogens with zero attached hydrogens (tertiary/aromatic N) is 2. The Kier molecular flexibility index (Phi) is 6.43. The van der Waals surface area contributed by atoms with E-state index in [4.69, 9.17) is 22.0 Å².